The highest BCUT2D eigenvalue weighted by Gasteiger charge is 2.05. The van der Waals surface area contributed by atoms with Crippen LogP contribution in [0.1, 0.15) is 19.4 Å². The van der Waals surface area contributed by atoms with Crippen molar-refractivity contribution in [1.29, 1.82) is 5.26 Å². The SMILES string of the molecule is CCN(CC)CCOc1ccc(NC)cc1C#N. The highest BCUT2D eigenvalue weighted by molar-refractivity contribution is 5.55. The molecular formula is C14H21N3O. The fourth-order valence-electron chi connectivity index (χ4n) is 1.72. The summed E-state index contributed by atoms with van der Waals surface area (Å²) in [5.41, 5.74) is 1.49. The molecule has 1 N–H and O–H groups in total. The molecule has 18 heavy (non-hydrogen) atoms. The number of hydrogen-bond acceptors (Lipinski definition) is 4. The normalized spacial score (nSPS) is 10.2. The summed E-state index contributed by atoms with van der Waals surface area (Å²) in [6.45, 7) is 7.78. The number of likely N-dealkylation sites (N-methyl/N-ethyl adjacent to an activating group) is 1. The number of nitrogens with one attached hydrogen (secondary N) is 1. The molecule has 0 aliphatic carbocycles. The monoisotopic (exact) mass is 247 g/mol. The zero-order chi connectivity index (χ0) is 13.4. The van der Waals surface area contributed by atoms with Crippen molar-refractivity contribution in [3.63, 3.8) is 0 Å². The van der Waals surface area contributed by atoms with Gasteiger partial charge >= 0.3 is 0 Å². The third-order valence-corrected chi connectivity index (χ3v) is 2.95. The van der Waals surface area contributed by atoms with Gasteiger partial charge in [0.15, 0.2) is 0 Å². The van der Waals surface area contributed by atoms with E-state index in [1.807, 2.05) is 19.2 Å². The molecule has 0 aromatic heterocycles. The summed E-state index contributed by atoms with van der Waals surface area (Å²) in [5.74, 6) is 0.656. The number of anilines is 1. The van der Waals surface area contributed by atoms with Crippen LogP contribution in [-0.2, 0) is 0 Å². The maximum absolute atomic E-state index is 9.07. The lowest BCUT2D eigenvalue weighted by molar-refractivity contribution is 0.222. The number of hydrogen-bond donors (Lipinski definition) is 1. The second-order valence-corrected chi connectivity index (χ2v) is 3.95. The van der Waals surface area contributed by atoms with Crippen LogP contribution < -0.4 is 10.1 Å². The second kappa shape index (κ2) is 7.57. The van der Waals surface area contributed by atoms with Gasteiger partial charge in [0.25, 0.3) is 0 Å². The summed E-state index contributed by atoms with van der Waals surface area (Å²) in [5, 5.41) is 12.1. The van der Waals surface area contributed by atoms with Crippen LogP contribution in [0.4, 0.5) is 5.69 Å². The summed E-state index contributed by atoms with van der Waals surface area (Å²) in [6.07, 6.45) is 0. The molecular weight excluding hydrogens is 226 g/mol. The van der Waals surface area contributed by atoms with Gasteiger partial charge < -0.3 is 15.0 Å². The van der Waals surface area contributed by atoms with Crippen LogP contribution in [0.15, 0.2) is 18.2 Å². The molecule has 0 aliphatic heterocycles. The maximum atomic E-state index is 9.07. The van der Waals surface area contributed by atoms with E-state index in [1.165, 1.54) is 0 Å². The Labute approximate surface area is 109 Å². The molecule has 0 saturated carbocycles. The molecule has 0 radical (unpaired) electrons. The van der Waals surface area contributed by atoms with E-state index in [2.05, 4.69) is 30.1 Å². The molecule has 0 amide bonds. The fourth-order valence-corrected chi connectivity index (χ4v) is 1.72. The van der Waals surface area contributed by atoms with E-state index in [-0.39, 0.29) is 0 Å². The molecule has 98 valence electrons. The van der Waals surface area contributed by atoms with Crippen molar-refractivity contribution in [2.45, 2.75) is 13.8 Å². The smallest absolute Gasteiger partial charge is 0.137 e. The number of ether oxygens (including phenoxy) is 1. The van der Waals surface area contributed by atoms with Crippen LogP contribution in [0.5, 0.6) is 5.75 Å². The van der Waals surface area contributed by atoms with E-state index >= 15 is 0 Å². The molecule has 4 nitrogen and oxygen atoms in total. The van der Waals surface area contributed by atoms with Crippen molar-refractivity contribution in [2.75, 3.05) is 38.6 Å². The lowest BCUT2D eigenvalue weighted by Gasteiger charge is -2.18. The number of nitrogens with zero attached hydrogens (tertiary/aromatic N) is 2. The van der Waals surface area contributed by atoms with Crippen molar-refractivity contribution >= 4 is 5.69 Å². The van der Waals surface area contributed by atoms with Crippen LogP contribution in [0.25, 0.3) is 0 Å². The Balaban J connectivity index is 2.59. The first-order valence-electron chi connectivity index (χ1n) is 6.32. The van der Waals surface area contributed by atoms with Crippen molar-refractivity contribution in [1.82, 2.24) is 4.90 Å². The third kappa shape index (κ3) is 3.94. The van der Waals surface area contributed by atoms with Gasteiger partial charge in [-0.05, 0) is 31.3 Å². The minimum atomic E-state index is 0.571. The van der Waals surface area contributed by atoms with Gasteiger partial charge in [-0.1, -0.05) is 13.8 Å². The Hall–Kier alpha value is -1.73. The third-order valence-electron chi connectivity index (χ3n) is 2.95. The van der Waals surface area contributed by atoms with Crippen molar-refractivity contribution in [3.05, 3.63) is 23.8 Å². The largest absolute Gasteiger partial charge is 0.491 e. The van der Waals surface area contributed by atoms with Gasteiger partial charge in [-0.25, -0.2) is 0 Å². The summed E-state index contributed by atoms with van der Waals surface area (Å²) < 4.78 is 5.67. The molecule has 1 rings (SSSR count). The fraction of sp³-hybridized carbons (Fsp3) is 0.500. The predicted molar refractivity (Wildman–Crippen MR) is 74.0 cm³/mol. The highest BCUT2D eigenvalue weighted by atomic mass is 16.5. The van der Waals surface area contributed by atoms with E-state index in [0.29, 0.717) is 17.9 Å². The van der Waals surface area contributed by atoms with Crippen LogP contribution >= 0.6 is 0 Å². The van der Waals surface area contributed by atoms with E-state index in [9.17, 15) is 0 Å². The summed E-state index contributed by atoms with van der Waals surface area (Å²) in [7, 11) is 1.83. The lowest BCUT2D eigenvalue weighted by Crippen LogP contribution is -2.28. The number of rotatable bonds is 7. The Morgan fingerprint density at radius 1 is 1.33 bits per heavy atom. The summed E-state index contributed by atoms with van der Waals surface area (Å²) >= 11 is 0. The average molecular weight is 247 g/mol. The summed E-state index contributed by atoms with van der Waals surface area (Å²) in [6, 6.07) is 7.71. The molecule has 1 aromatic rings. The number of nitriles is 1. The Morgan fingerprint density at radius 3 is 2.61 bits per heavy atom. The minimum Gasteiger partial charge on any atom is -0.491 e. The molecule has 0 bridgehead atoms. The lowest BCUT2D eigenvalue weighted by atomic mass is 10.2. The Bertz CT molecular complexity index is 408. The van der Waals surface area contributed by atoms with Crippen LogP contribution in [0.2, 0.25) is 0 Å². The number of benzene rings is 1. The van der Waals surface area contributed by atoms with E-state index in [4.69, 9.17) is 10.00 Å². The van der Waals surface area contributed by atoms with E-state index < -0.39 is 0 Å². The zero-order valence-corrected chi connectivity index (χ0v) is 11.4. The van der Waals surface area contributed by atoms with Crippen LogP contribution in [0.3, 0.4) is 0 Å². The van der Waals surface area contributed by atoms with Gasteiger partial charge in [0, 0.05) is 19.3 Å². The molecule has 0 spiro atoms. The molecule has 0 unspecified atom stereocenters. The predicted octanol–water partition coefficient (Wildman–Crippen LogP) is 2.32. The quantitative estimate of drug-likeness (QED) is 0.803. The van der Waals surface area contributed by atoms with Gasteiger partial charge in [0.2, 0.25) is 0 Å². The van der Waals surface area contributed by atoms with E-state index in [1.54, 1.807) is 6.07 Å². The second-order valence-electron chi connectivity index (χ2n) is 3.95. The minimum absolute atomic E-state index is 0.571. The first-order chi connectivity index (χ1) is 8.74. The van der Waals surface area contributed by atoms with Gasteiger partial charge in [0.1, 0.15) is 18.4 Å². The molecule has 0 saturated heterocycles. The van der Waals surface area contributed by atoms with Crippen LogP contribution in [0, 0.1) is 11.3 Å². The zero-order valence-electron chi connectivity index (χ0n) is 11.4. The molecule has 0 fully saturated rings. The first-order valence-corrected chi connectivity index (χ1v) is 6.32. The van der Waals surface area contributed by atoms with E-state index in [0.717, 1.165) is 25.3 Å². The summed E-state index contributed by atoms with van der Waals surface area (Å²) in [4.78, 5) is 2.29. The van der Waals surface area contributed by atoms with Gasteiger partial charge in [-0.15, -0.1) is 0 Å². The molecule has 0 heterocycles. The first kappa shape index (κ1) is 14.3. The Morgan fingerprint density at radius 2 is 2.06 bits per heavy atom. The van der Waals surface area contributed by atoms with Crippen LogP contribution in [-0.4, -0.2) is 38.2 Å². The standard InChI is InChI=1S/C14H21N3O/c1-4-17(5-2)8-9-18-14-7-6-13(16-3)10-12(14)11-15/h6-7,10,16H,4-5,8-9H2,1-3H3. The maximum Gasteiger partial charge on any atom is 0.137 e. The highest BCUT2D eigenvalue weighted by Crippen LogP contribution is 2.21. The van der Waals surface area contributed by atoms with Gasteiger partial charge in [-0.2, -0.15) is 5.26 Å². The molecule has 1 aromatic carbocycles. The molecule has 0 atom stereocenters. The average Bonchev–Trinajstić information content (AvgIpc) is 2.43. The van der Waals surface area contributed by atoms with Gasteiger partial charge in [-0.3, -0.25) is 0 Å². The van der Waals surface area contributed by atoms with Crippen molar-refractivity contribution < 1.29 is 4.74 Å². The van der Waals surface area contributed by atoms with Crippen molar-refractivity contribution in [3.8, 4) is 11.8 Å². The Kier molecular flexibility index (Phi) is 6.03. The molecule has 4 heteroatoms. The topological polar surface area (TPSA) is 48.3 Å². The van der Waals surface area contributed by atoms with Crippen molar-refractivity contribution in [2.24, 2.45) is 0 Å². The van der Waals surface area contributed by atoms with Gasteiger partial charge in [0.05, 0.1) is 5.56 Å². The molecule has 0 aliphatic rings.